The number of nitrogens with zero attached hydrogens (tertiary/aromatic N) is 1. The number of hydrogen-bond acceptors (Lipinski definition) is 1. The fraction of sp³-hybridized carbons (Fsp3) is 0. The maximum atomic E-state index is 12.5. The van der Waals surface area contributed by atoms with Crippen molar-refractivity contribution >= 4 is 11.0 Å². The second-order valence-electron chi connectivity index (χ2n) is 2.01. The third kappa shape index (κ3) is 0.673. The van der Waals surface area contributed by atoms with Gasteiger partial charge in [-0.15, -0.1) is 0 Å². The van der Waals surface area contributed by atoms with Crippen LogP contribution in [0, 0.1) is 12.1 Å². The van der Waals surface area contributed by atoms with Crippen molar-refractivity contribution in [2.45, 2.75) is 0 Å². The number of nitrogens with one attached hydrogen (secondary N) is 1. The Balaban J connectivity index is 2.86. The molecule has 0 fully saturated rings. The Morgan fingerprint density at radius 3 is 3.30 bits per heavy atom. The van der Waals surface area contributed by atoms with E-state index >= 15 is 0 Å². The molecule has 0 atom stereocenters. The maximum absolute atomic E-state index is 12.5. The number of halogens is 1. The summed E-state index contributed by atoms with van der Waals surface area (Å²) in [6.07, 6.45) is 2.52. The van der Waals surface area contributed by atoms with Crippen LogP contribution in [0.4, 0.5) is 4.39 Å². The molecule has 0 saturated carbocycles. The second kappa shape index (κ2) is 1.80. The first kappa shape index (κ1) is 5.41. The van der Waals surface area contributed by atoms with E-state index in [2.05, 4.69) is 16.3 Å². The molecule has 0 unspecified atom stereocenters. The van der Waals surface area contributed by atoms with Crippen LogP contribution in [0.1, 0.15) is 0 Å². The van der Waals surface area contributed by atoms with E-state index in [1.54, 1.807) is 6.07 Å². The number of hydrogen-bond donors (Lipinski definition) is 1. The quantitative estimate of drug-likeness (QED) is 0.582. The van der Waals surface area contributed by atoms with Crippen LogP contribution in [0.15, 0.2) is 18.2 Å². The topological polar surface area (TPSA) is 28.7 Å². The summed E-state index contributed by atoms with van der Waals surface area (Å²) >= 11 is 0. The van der Waals surface area contributed by atoms with Gasteiger partial charge >= 0.3 is 0 Å². The van der Waals surface area contributed by atoms with Crippen LogP contribution in [-0.4, -0.2) is 9.97 Å². The Kier molecular flexibility index (Phi) is 0.974. The monoisotopic (exact) mass is 135 g/mol. The zero-order valence-corrected chi connectivity index (χ0v) is 5.06. The Hall–Kier alpha value is -1.38. The highest BCUT2D eigenvalue weighted by Gasteiger charge is 1.95. The molecule has 1 N–H and O–H groups in total. The number of imidazole rings is 1. The first-order chi connectivity index (χ1) is 4.86. The van der Waals surface area contributed by atoms with Gasteiger partial charge in [0.1, 0.15) is 5.82 Å². The minimum atomic E-state index is -0.259. The average molecular weight is 135 g/mol. The molecule has 1 aromatic heterocycles. The number of rotatable bonds is 0. The van der Waals surface area contributed by atoms with E-state index in [1.165, 1.54) is 12.1 Å². The molecule has 3 heteroatoms. The average Bonchev–Trinajstić information content (AvgIpc) is 2.33. The van der Waals surface area contributed by atoms with Crippen molar-refractivity contribution in [3.05, 3.63) is 30.3 Å². The molecule has 0 saturated heterocycles. The largest absolute Gasteiger partial charge is 0.335 e. The van der Waals surface area contributed by atoms with Crippen molar-refractivity contribution in [2.75, 3.05) is 0 Å². The molecule has 2 aromatic rings. The summed E-state index contributed by atoms with van der Waals surface area (Å²) in [5.74, 6) is -0.259. The van der Waals surface area contributed by atoms with Crippen LogP contribution < -0.4 is 0 Å². The predicted molar refractivity (Wildman–Crippen MR) is 34.9 cm³/mol. The maximum Gasteiger partial charge on any atom is 0.174 e. The lowest BCUT2D eigenvalue weighted by atomic mass is 10.3. The molecule has 0 aliphatic carbocycles. The highest BCUT2D eigenvalue weighted by molar-refractivity contribution is 5.73. The summed E-state index contributed by atoms with van der Waals surface area (Å²) < 4.78 is 12.5. The highest BCUT2D eigenvalue weighted by atomic mass is 19.1. The molecule has 0 amide bonds. The highest BCUT2D eigenvalue weighted by Crippen LogP contribution is 2.08. The SMILES string of the molecule is Fc1ccc2n[c][nH]c2c1. The number of aromatic nitrogens is 2. The number of H-pyrrole nitrogens is 1. The van der Waals surface area contributed by atoms with Crippen LogP contribution in [0.3, 0.4) is 0 Å². The van der Waals surface area contributed by atoms with Crippen molar-refractivity contribution in [1.82, 2.24) is 9.97 Å². The van der Waals surface area contributed by atoms with Crippen LogP contribution in [0.5, 0.6) is 0 Å². The molecule has 0 bridgehead atoms. The minimum absolute atomic E-state index is 0.259. The molecule has 0 spiro atoms. The van der Waals surface area contributed by atoms with E-state index in [9.17, 15) is 4.39 Å². The summed E-state index contributed by atoms with van der Waals surface area (Å²) in [4.78, 5) is 6.50. The normalized spacial score (nSPS) is 10.5. The third-order valence-corrected chi connectivity index (χ3v) is 1.33. The molecule has 10 heavy (non-hydrogen) atoms. The molecular weight excluding hydrogens is 131 g/mol. The first-order valence-corrected chi connectivity index (χ1v) is 2.87. The van der Waals surface area contributed by atoms with E-state index in [-0.39, 0.29) is 5.82 Å². The Labute approximate surface area is 56.7 Å². The van der Waals surface area contributed by atoms with Gasteiger partial charge in [0.15, 0.2) is 6.33 Å². The van der Waals surface area contributed by atoms with Crippen LogP contribution in [-0.2, 0) is 0 Å². The van der Waals surface area contributed by atoms with Crippen molar-refractivity contribution < 1.29 is 4.39 Å². The van der Waals surface area contributed by atoms with Gasteiger partial charge in [-0.3, -0.25) is 0 Å². The van der Waals surface area contributed by atoms with Crippen molar-refractivity contribution in [2.24, 2.45) is 0 Å². The number of fused-ring (bicyclic) bond motifs is 1. The van der Waals surface area contributed by atoms with Gasteiger partial charge in [-0.25, -0.2) is 9.37 Å². The molecule has 2 rings (SSSR count). The summed E-state index contributed by atoms with van der Waals surface area (Å²) in [6.45, 7) is 0. The zero-order valence-electron chi connectivity index (χ0n) is 5.06. The van der Waals surface area contributed by atoms with Gasteiger partial charge in [0.25, 0.3) is 0 Å². The van der Waals surface area contributed by atoms with Gasteiger partial charge in [0.05, 0.1) is 11.0 Å². The first-order valence-electron chi connectivity index (χ1n) is 2.87. The van der Waals surface area contributed by atoms with Gasteiger partial charge in [0.2, 0.25) is 0 Å². The molecule has 2 nitrogen and oxygen atoms in total. The van der Waals surface area contributed by atoms with Gasteiger partial charge in [-0.2, -0.15) is 0 Å². The predicted octanol–water partition coefficient (Wildman–Crippen LogP) is 1.50. The van der Waals surface area contributed by atoms with E-state index < -0.39 is 0 Å². The van der Waals surface area contributed by atoms with E-state index in [1.807, 2.05) is 0 Å². The van der Waals surface area contributed by atoms with Gasteiger partial charge < -0.3 is 4.98 Å². The van der Waals surface area contributed by atoms with Crippen LogP contribution >= 0.6 is 0 Å². The Morgan fingerprint density at radius 1 is 1.50 bits per heavy atom. The van der Waals surface area contributed by atoms with Gasteiger partial charge in [0, 0.05) is 0 Å². The summed E-state index contributed by atoms with van der Waals surface area (Å²) in [5, 5.41) is 0. The van der Waals surface area contributed by atoms with Crippen LogP contribution in [0.25, 0.3) is 11.0 Å². The fourth-order valence-electron chi connectivity index (χ4n) is 0.854. The fourth-order valence-corrected chi connectivity index (χ4v) is 0.854. The minimum Gasteiger partial charge on any atom is -0.335 e. The lowest BCUT2D eigenvalue weighted by molar-refractivity contribution is 0.629. The summed E-state index contributed by atoms with van der Waals surface area (Å²) in [7, 11) is 0. The van der Waals surface area contributed by atoms with Crippen molar-refractivity contribution in [3.63, 3.8) is 0 Å². The van der Waals surface area contributed by atoms with E-state index in [4.69, 9.17) is 0 Å². The number of benzene rings is 1. The third-order valence-electron chi connectivity index (χ3n) is 1.33. The lowest BCUT2D eigenvalue weighted by Gasteiger charge is -1.85. The molecule has 0 aliphatic rings. The summed E-state index contributed by atoms with van der Waals surface area (Å²) in [5.41, 5.74) is 1.42. The molecule has 49 valence electrons. The van der Waals surface area contributed by atoms with Crippen LogP contribution in [0.2, 0.25) is 0 Å². The standard InChI is InChI=1S/C7H4FN2/c8-5-1-2-6-7(3-5)10-4-9-6/h1-3H,(H,9,10). The van der Waals surface area contributed by atoms with Gasteiger partial charge in [-0.1, -0.05) is 0 Å². The van der Waals surface area contributed by atoms with Gasteiger partial charge in [-0.05, 0) is 18.2 Å². The zero-order chi connectivity index (χ0) is 6.97. The Morgan fingerprint density at radius 2 is 2.40 bits per heavy atom. The molecular formula is C7H4FN2. The molecule has 1 aromatic carbocycles. The molecule has 1 heterocycles. The molecule has 0 aliphatic heterocycles. The lowest BCUT2D eigenvalue weighted by Crippen LogP contribution is -1.72. The van der Waals surface area contributed by atoms with Crippen molar-refractivity contribution in [3.8, 4) is 0 Å². The number of aromatic amines is 1. The van der Waals surface area contributed by atoms with E-state index in [0.29, 0.717) is 5.52 Å². The second-order valence-corrected chi connectivity index (χ2v) is 2.01. The Bertz CT molecular complexity index is 353. The van der Waals surface area contributed by atoms with Crippen molar-refractivity contribution in [1.29, 1.82) is 0 Å². The summed E-state index contributed by atoms with van der Waals surface area (Å²) in [6, 6.07) is 4.37. The van der Waals surface area contributed by atoms with E-state index in [0.717, 1.165) is 5.52 Å². The molecule has 1 radical (unpaired) electrons. The smallest absolute Gasteiger partial charge is 0.174 e.